The zero-order chi connectivity index (χ0) is 10.2. The van der Waals surface area contributed by atoms with E-state index in [0.29, 0.717) is 4.57 Å². The molecule has 0 spiro atoms. The Kier molecular flexibility index (Phi) is 1.93. The van der Waals surface area contributed by atoms with Gasteiger partial charge in [0.25, 0.3) is 5.56 Å². The maximum atomic E-state index is 10.8. The minimum atomic E-state index is -1.59. The summed E-state index contributed by atoms with van der Waals surface area (Å²) in [7, 11) is 1.14. The fraction of sp³-hybridized carbons (Fsp3) is 0.167. The van der Waals surface area contributed by atoms with Gasteiger partial charge in [-0.3, -0.25) is 14.3 Å². The number of rotatable bonds is 1. The van der Waals surface area contributed by atoms with Gasteiger partial charge in [0.15, 0.2) is 5.56 Å². The average molecular weight is 186 g/mol. The fourth-order valence-corrected chi connectivity index (χ4v) is 0.802. The van der Waals surface area contributed by atoms with Crippen LogP contribution in [-0.4, -0.2) is 25.7 Å². The number of nitrogens with zero attached hydrogens (tertiary/aromatic N) is 1. The SMILES string of the molecule is Cn1c(O)c(C(=O)O)c(=O)[nH]c1=O. The van der Waals surface area contributed by atoms with E-state index in [2.05, 4.69) is 0 Å². The smallest absolute Gasteiger partial charge is 0.346 e. The molecule has 3 N–H and O–H groups in total. The first-order valence-corrected chi connectivity index (χ1v) is 3.20. The summed E-state index contributed by atoms with van der Waals surface area (Å²) in [5.74, 6) is -2.45. The first-order chi connectivity index (χ1) is 5.95. The van der Waals surface area contributed by atoms with Gasteiger partial charge in [-0.1, -0.05) is 0 Å². The monoisotopic (exact) mass is 186 g/mol. The van der Waals surface area contributed by atoms with Crippen molar-refractivity contribution in [2.24, 2.45) is 7.05 Å². The van der Waals surface area contributed by atoms with Crippen LogP contribution in [-0.2, 0) is 7.05 Å². The zero-order valence-corrected chi connectivity index (χ0v) is 6.57. The van der Waals surface area contributed by atoms with Gasteiger partial charge in [0.05, 0.1) is 0 Å². The quantitative estimate of drug-likeness (QED) is 0.492. The molecule has 0 aliphatic rings. The van der Waals surface area contributed by atoms with Crippen molar-refractivity contribution in [2.45, 2.75) is 0 Å². The van der Waals surface area contributed by atoms with Crippen LogP contribution in [0.15, 0.2) is 9.59 Å². The lowest BCUT2D eigenvalue weighted by Crippen LogP contribution is -2.32. The average Bonchev–Trinajstić information content (AvgIpc) is 1.99. The van der Waals surface area contributed by atoms with Gasteiger partial charge < -0.3 is 10.2 Å². The largest absolute Gasteiger partial charge is 0.494 e. The number of aromatic amines is 1. The van der Waals surface area contributed by atoms with Crippen LogP contribution in [0.2, 0.25) is 0 Å². The number of H-pyrrole nitrogens is 1. The van der Waals surface area contributed by atoms with Crippen LogP contribution in [0.5, 0.6) is 5.88 Å². The normalized spacial score (nSPS) is 9.92. The second-order valence-corrected chi connectivity index (χ2v) is 2.32. The summed E-state index contributed by atoms with van der Waals surface area (Å²) in [4.78, 5) is 33.8. The Morgan fingerprint density at radius 2 is 2.00 bits per heavy atom. The van der Waals surface area contributed by atoms with Crippen molar-refractivity contribution in [3.05, 3.63) is 26.4 Å². The van der Waals surface area contributed by atoms with E-state index in [1.807, 2.05) is 0 Å². The Hall–Kier alpha value is -2.05. The van der Waals surface area contributed by atoms with E-state index < -0.39 is 28.7 Å². The molecule has 0 saturated heterocycles. The van der Waals surface area contributed by atoms with Crippen molar-refractivity contribution in [3.63, 3.8) is 0 Å². The second-order valence-electron chi connectivity index (χ2n) is 2.32. The Balaban J connectivity index is 3.73. The highest BCUT2D eigenvalue weighted by atomic mass is 16.4. The topological polar surface area (TPSA) is 112 Å². The standard InChI is InChI=1S/C6H6N2O5/c1-8-4(10)2(5(11)12)3(9)7-6(8)13/h10H,1H3,(H,11,12)(H,7,9,13). The van der Waals surface area contributed by atoms with Crippen LogP contribution in [0.4, 0.5) is 0 Å². The molecule has 0 aromatic carbocycles. The predicted molar refractivity (Wildman–Crippen MR) is 40.9 cm³/mol. The van der Waals surface area contributed by atoms with Gasteiger partial charge in [0.1, 0.15) is 0 Å². The molecule has 0 aliphatic carbocycles. The highest BCUT2D eigenvalue weighted by molar-refractivity contribution is 5.89. The molecule has 0 atom stereocenters. The Morgan fingerprint density at radius 1 is 1.46 bits per heavy atom. The van der Waals surface area contributed by atoms with Gasteiger partial charge in [0, 0.05) is 7.05 Å². The number of hydrogen-bond acceptors (Lipinski definition) is 4. The summed E-state index contributed by atoms with van der Waals surface area (Å²) >= 11 is 0. The van der Waals surface area contributed by atoms with Crippen LogP contribution in [0.25, 0.3) is 0 Å². The van der Waals surface area contributed by atoms with Gasteiger partial charge in [0.2, 0.25) is 5.88 Å². The molecule has 7 heteroatoms. The molecule has 0 amide bonds. The maximum absolute atomic E-state index is 10.8. The maximum Gasteiger partial charge on any atom is 0.346 e. The van der Waals surface area contributed by atoms with E-state index >= 15 is 0 Å². The second kappa shape index (κ2) is 2.77. The zero-order valence-electron chi connectivity index (χ0n) is 6.57. The molecule has 1 aromatic rings. The first-order valence-electron chi connectivity index (χ1n) is 3.20. The molecule has 70 valence electrons. The minimum Gasteiger partial charge on any atom is -0.494 e. The number of aromatic nitrogens is 2. The Labute approximate surface area is 70.9 Å². The fourth-order valence-electron chi connectivity index (χ4n) is 0.802. The van der Waals surface area contributed by atoms with E-state index in [9.17, 15) is 14.4 Å². The Bertz CT molecular complexity index is 469. The van der Waals surface area contributed by atoms with Crippen molar-refractivity contribution in [1.82, 2.24) is 9.55 Å². The van der Waals surface area contributed by atoms with Crippen molar-refractivity contribution in [3.8, 4) is 5.88 Å². The lowest BCUT2D eigenvalue weighted by Gasteiger charge is -2.02. The number of aromatic hydroxyl groups is 1. The third-order valence-electron chi connectivity index (χ3n) is 1.51. The molecule has 13 heavy (non-hydrogen) atoms. The van der Waals surface area contributed by atoms with Crippen LogP contribution >= 0.6 is 0 Å². The molecule has 7 nitrogen and oxygen atoms in total. The van der Waals surface area contributed by atoms with Gasteiger partial charge in [-0.25, -0.2) is 9.59 Å². The highest BCUT2D eigenvalue weighted by Gasteiger charge is 2.17. The van der Waals surface area contributed by atoms with Crippen molar-refractivity contribution >= 4 is 5.97 Å². The summed E-state index contributed by atoms with van der Waals surface area (Å²) in [5.41, 5.74) is -2.83. The van der Waals surface area contributed by atoms with E-state index in [-0.39, 0.29) is 0 Å². The Morgan fingerprint density at radius 3 is 2.46 bits per heavy atom. The van der Waals surface area contributed by atoms with Crippen molar-refractivity contribution in [1.29, 1.82) is 0 Å². The van der Waals surface area contributed by atoms with E-state index in [4.69, 9.17) is 10.2 Å². The van der Waals surface area contributed by atoms with Crippen molar-refractivity contribution < 1.29 is 15.0 Å². The van der Waals surface area contributed by atoms with Gasteiger partial charge in [-0.2, -0.15) is 0 Å². The van der Waals surface area contributed by atoms with Crippen LogP contribution in [0.3, 0.4) is 0 Å². The number of carboxylic acid groups (broad SMARTS) is 1. The summed E-state index contributed by atoms with van der Waals surface area (Å²) < 4.78 is 0.630. The summed E-state index contributed by atoms with van der Waals surface area (Å²) in [6.07, 6.45) is 0. The summed E-state index contributed by atoms with van der Waals surface area (Å²) in [6, 6.07) is 0. The molecule has 1 heterocycles. The molecule has 1 rings (SSSR count). The van der Waals surface area contributed by atoms with Crippen LogP contribution in [0, 0.1) is 0 Å². The lowest BCUT2D eigenvalue weighted by molar-refractivity contribution is 0.0689. The number of carbonyl (C=O) groups is 1. The van der Waals surface area contributed by atoms with E-state index in [1.54, 1.807) is 4.98 Å². The third-order valence-corrected chi connectivity index (χ3v) is 1.51. The molecular weight excluding hydrogens is 180 g/mol. The highest BCUT2D eigenvalue weighted by Crippen LogP contribution is 2.06. The summed E-state index contributed by atoms with van der Waals surface area (Å²) in [5, 5.41) is 17.6. The number of nitrogens with one attached hydrogen (secondary N) is 1. The van der Waals surface area contributed by atoms with Gasteiger partial charge in [-0.05, 0) is 0 Å². The molecule has 0 bridgehead atoms. The third kappa shape index (κ3) is 1.31. The molecule has 0 fully saturated rings. The first kappa shape index (κ1) is 9.04. The minimum absolute atomic E-state index is 0.630. The molecule has 0 saturated carbocycles. The van der Waals surface area contributed by atoms with Crippen molar-refractivity contribution in [2.75, 3.05) is 0 Å². The molecule has 0 unspecified atom stereocenters. The molecule has 1 aromatic heterocycles. The van der Waals surface area contributed by atoms with E-state index in [0.717, 1.165) is 7.05 Å². The van der Waals surface area contributed by atoms with Crippen LogP contribution < -0.4 is 11.2 Å². The van der Waals surface area contributed by atoms with E-state index in [1.165, 1.54) is 0 Å². The van der Waals surface area contributed by atoms with Crippen LogP contribution in [0.1, 0.15) is 10.4 Å². The molecule has 0 aliphatic heterocycles. The number of hydrogen-bond donors (Lipinski definition) is 3. The predicted octanol–water partition coefficient (Wildman–Crippen LogP) is -1.52. The number of aromatic carboxylic acids is 1. The van der Waals surface area contributed by atoms with Gasteiger partial charge >= 0.3 is 11.7 Å². The number of carboxylic acids is 1. The molecule has 0 radical (unpaired) electrons. The summed E-state index contributed by atoms with van der Waals surface area (Å²) in [6.45, 7) is 0. The van der Waals surface area contributed by atoms with Gasteiger partial charge in [-0.15, -0.1) is 0 Å². The lowest BCUT2D eigenvalue weighted by atomic mass is 10.3. The molecular formula is C6H6N2O5.